The molecule has 1 heterocycles. The molecule has 0 aliphatic rings. The molecule has 1 rings (SSSR count). The van der Waals surface area contributed by atoms with Crippen molar-refractivity contribution in [1.29, 1.82) is 0 Å². The molecular weight excluding hydrogens is 270 g/mol. The van der Waals surface area contributed by atoms with Crippen LogP contribution in [0.5, 0.6) is 11.8 Å². The number of hydrogen-bond donors (Lipinski definition) is 1. The van der Waals surface area contributed by atoms with E-state index in [4.69, 9.17) is 9.47 Å². The van der Waals surface area contributed by atoms with E-state index < -0.39 is 0 Å². The van der Waals surface area contributed by atoms with Crippen LogP contribution in [0.2, 0.25) is 0 Å². The number of nitrogens with zero attached hydrogens (tertiary/aromatic N) is 2. The first kappa shape index (κ1) is 17.2. The van der Waals surface area contributed by atoms with E-state index in [9.17, 15) is 4.79 Å². The lowest BCUT2D eigenvalue weighted by Crippen LogP contribution is -2.20. The SMILES string of the molecule is COc1cc(OC)nc(NC(=O)CC(C)CC(C)(C)C)n1. The molecule has 1 atom stereocenters. The van der Waals surface area contributed by atoms with Gasteiger partial charge in [-0.3, -0.25) is 10.1 Å². The molecule has 1 amide bonds. The number of carbonyl (C=O) groups is 1. The second-order valence-corrected chi connectivity index (χ2v) is 6.40. The second kappa shape index (κ2) is 7.24. The molecule has 0 aliphatic carbocycles. The Labute approximate surface area is 126 Å². The summed E-state index contributed by atoms with van der Waals surface area (Å²) < 4.78 is 10.1. The number of rotatable bonds is 6. The number of amides is 1. The van der Waals surface area contributed by atoms with E-state index in [-0.39, 0.29) is 23.2 Å². The molecule has 0 radical (unpaired) electrons. The molecule has 1 unspecified atom stereocenters. The minimum Gasteiger partial charge on any atom is -0.481 e. The van der Waals surface area contributed by atoms with Gasteiger partial charge in [-0.05, 0) is 17.8 Å². The highest BCUT2D eigenvalue weighted by molar-refractivity contribution is 5.89. The van der Waals surface area contributed by atoms with Crippen LogP contribution < -0.4 is 14.8 Å². The van der Waals surface area contributed by atoms with Gasteiger partial charge in [-0.25, -0.2) is 0 Å². The van der Waals surface area contributed by atoms with E-state index in [2.05, 4.69) is 43.0 Å². The zero-order valence-corrected chi connectivity index (χ0v) is 13.7. The van der Waals surface area contributed by atoms with Gasteiger partial charge >= 0.3 is 0 Å². The molecule has 0 spiro atoms. The third-order valence-corrected chi connectivity index (χ3v) is 2.84. The molecule has 1 aromatic heterocycles. The summed E-state index contributed by atoms with van der Waals surface area (Å²) in [4.78, 5) is 20.2. The zero-order valence-electron chi connectivity index (χ0n) is 13.7. The molecule has 0 saturated heterocycles. The van der Waals surface area contributed by atoms with E-state index in [1.165, 1.54) is 14.2 Å². The normalized spacial score (nSPS) is 12.7. The molecule has 0 fully saturated rings. The molecule has 118 valence electrons. The largest absolute Gasteiger partial charge is 0.481 e. The van der Waals surface area contributed by atoms with Crippen molar-refractivity contribution in [2.24, 2.45) is 11.3 Å². The van der Waals surface area contributed by atoms with Crippen molar-refractivity contribution in [3.8, 4) is 11.8 Å². The zero-order chi connectivity index (χ0) is 16.0. The number of ether oxygens (including phenoxy) is 2. The molecule has 6 nitrogen and oxygen atoms in total. The van der Waals surface area contributed by atoms with Gasteiger partial charge in [-0.1, -0.05) is 27.7 Å². The predicted octanol–water partition coefficient (Wildman–Crippen LogP) is 2.89. The van der Waals surface area contributed by atoms with Gasteiger partial charge in [0.2, 0.25) is 23.6 Å². The van der Waals surface area contributed by atoms with Gasteiger partial charge in [0.15, 0.2) is 0 Å². The maximum atomic E-state index is 12.0. The van der Waals surface area contributed by atoms with E-state index in [1.807, 2.05) is 0 Å². The summed E-state index contributed by atoms with van der Waals surface area (Å²) in [5, 5.41) is 2.69. The Balaban J connectivity index is 2.66. The Hall–Kier alpha value is -1.85. The molecule has 1 aromatic rings. The van der Waals surface area contributed by atoms with Crippen LogP contribution in [0.25, 0.3) is 0 Å². The lowest BCUT2D eigenvalue weighted by atomic mass is 9.84. The van der Waals surface area contributed by atoms with E-state index in [1.54, 1.807) is 6.07 Å². The number of anilines is 1. The van der Waals surface area contributed by atoms with Crippen LogP contribution in [0.15, 0.2) is 6.07 Å². The first-order chi connectivity index (χ1) is 9.73. The van der Waals surface area contributed by atoms with Crippen LogP contribution in [0.3, 0.4) is 0 Å². The highest BCUT2D eigenvalue weighted by atomic mass is 16.5. The molecule has 0 aromatic carbocycles. The van der Waals surface area contributed by atoms with Gasteiger partial charge in [-0.2, -0.15) is 9.97 Å². The number of aromatic nitrogens is 2. The Bertz CT molecular complexity index is 461. The minimum atomic E-state index is -0.109. The highest BCUT2D eigenvalue weighted by Crippen LogP contribution is 2.26. The van der Waals surface area contributed by atoms with Gasteiger partial charge in [0.25, 0.3) is 0 Å². The molecule has 0 aliphatic heterocycles. The summed E-state index contributed by atoms with van der Waals surface area (Å²) in [7, 11) is 3.00. The van der Waals surface area contributed by atoms with Crippen molar-refractivity contribution in [3.05, 3.63) is 6.07 Å². The van der Waals surface area contributed by atoms with Gasteiger partial charge in [0.05, 0.1) is 20.3 Å². The van der Waals surface area contributed by atoms with Crippen LogP contribution in [0, 0.1) is 11.3 Å². The highest BCUT2D eigenvalue weighted by Gasteiger charge is 2.18. The molecule has 0 bridgehead atoms. The van der Waals surface area contributed by atoms with E-state index in [0.29, 0.717) is 18.2 Å². The molecule has 6 heteroatoms. The average Bonchev–Trinajstić information content (AvgIpc) is 2.35. The van der Waals surface area contributed by atoms with E-state index >= 15 is 0 Å². The predicted molar refractivity (Wildman–Crippen MR) is 81.6 cm³/mol. The maximum absolute atomic E-state index is 12.0. The minimum absolute atomic E-state index is 0.109. The van der Waals surface area contributed by atoms with Gasteiger partial charge < -0.3 is 9.47 Å². The van der Waals surface area contributed by atoms with Crippen molar-refractivity contribution in [1.82, 2.24) is 9.97 Å². The fourth-order valence-corrected chi connectivity index (χ4v) is 2.28. The number of hydrogen-bond acceptors (Lipinski definition) is 5. The molecule has 1 N–H and O–H groups in total. The summed E-state index contributed by atoms with van der Waals surface area (Å²) in [5.41, 5.74) is 0.204. The topological polar surface area (TPSA) is 73.3 Å². The van der Waals surface area contributed by atoms with Gasteiger partial charge in [0.1, 0.15) is 0 Å². The van der Waals surface area contributed by atoms with Crippen LogP contribution in [-0.4, -0.2) is 30.1 Å². The van der Waals surface area contributed by atoms with Crippen LogP contribution in [0.4, 0.5) is 5.95 Å². The van der Waals surface area contributed by atoms with Gasteiger partial charge in [0, 0.05) is 6.42 Å². The Kier molecular flexibility index (Phi) is 5.93. The molecular formula is C15H25N3O3. The summed E-state index contributed by atoms with van der Waals surface area (Å²) in [6.45, 7) is 8.56. The van der Waals surface area contributed by atoms with Crippen LogP contribution in [-0.2, 0) is 4.79 Å². The standard InChI is InChI=1S/C15H25N3O3/c1-10(9-15(2,3)4)7-11(19)16-14-17-12(20-5)8-13(18-14)21-6/h8,10H,7,9H2,1-6H3,(H,16,17,18,19). The summed E-state index contributed by atoms with van der Waals surface area (Å²) in [6.07, 6.45) is 1.41. The fraction of sp³-hybridized carbons (Fsp3) is 0.667. The summed E-state index contributed by atoms with van der Waals surface area (Å²) in [5.74, 6) is 1.07. The quantitative estimate of drug-likeness (QED) is 0.873. The monoisotopic (exact) mass is 295 g/mol. The van der Waals surface area contributed by atoms with Crippen molar-refractivity contribution in [3.63, 3.8) is 0 Å². The third-order valence-electron chi connectivity index (χ3n) is 2.84. The average molecular weight is 295 g/mol. The number of carbonyl (C=O) groups excluding carboxylic acids is 1. The van der Waals surface area contributed by atoms with Crippen molar-refractivity contribution in [2.75, 3.05) is 19.5 Å². The first-order valence-electron chi connectivity index (χ1n) is 7.00. The molecule has 0 saturated carbocycles. The Morgan fingerprint density at radius 1 is 1.24 bits per heavy atom. The Morgan fingerprint density at radius 3 is 2.19 bits per heavy atom. The Morgan fingerprint density at radius 2 is 1.76 bits per heavy atom. The van der Waals surface area contributed by atoms with E-state index in [0.717, 1.165) is 6.42 Å². The number of methoxy groups -OCH3 is 2. The van der Waals surface area contributed by atoms with Crippen molar-refractivity contribution in [2.45, 2.75) is 40.5 Å². The number of nitrogens with one attached hydrogen (secondary N) is 1. The van der Waals surface area contributed by atoms with Crippen LogP contribution >= 0.6 is 0 Å². The smallest absolute Gasteiger partial charge is 0.236 e. The maximum Gasteiger partial charge on any atom is 0.236 e. The lowest BCUT2D eigenvalue weighted by molar-refractivity contribution is -0.117. The summed E-state index contributed by atoms with van der Waals surface area (Å²) in [6, 6.07) is 1.55. The lowest BCUT2D eigenvalue weighted by Gasteiger charge is -2.22. The first-order valence-corrected chi connectivity index (χ1v) is 7.00. The van der Waals surface area contributed by atoms with Crippen molar-refractivity contribution >= 4 is 11.9 Å². The fourth-order valence-electron chi connectivity index (χ4n) is 2.28. The molecule has 21 heavy (non-hydrogen) atoms. The summed E-state index contributed by atoms with van der Waals surface area (Å²) >= 11 is 0. The van der Waals surface area contributed by atoms with Gasteiger partial charge in [-0.15, -0.1) is 0 Å². The van der Waals surface area contributed by atoms with Crippen molar-refractivity contribution < 1.29 is 14.3 Å². The third kappa shape index (κ3) is 6.42. The van der Waals surface area contributed by atoms with Crippen LogP contribution in [0.1, 0.15) is 40.5 Å². The second-order valence-electron chi connectivity index (χ2n) is 6.40.